The average Bonchev–Trinajstić information content (AvgIpc) is 3.53. The molecule has 2 N–H and O–H groups in total. The van der Waals surface area contributed by atoms with E-state index in [9.17, 15) is 23.9 Å². The molecular formula is C40H31Br2ClFN3O6. The Morgan fingerprint density at radius 1 is 0.925 bits per heavy atom. The van der Waals surface area contributed by atoms with Crippen molar-refractivity contribution in [1.29, 1.82) is 0 Å². The van der Waals surface area contributed by atoms with Gasteiger partial charge in [0.15, 0.2) is 11.5 Å². The van der Waals surface area contributed by atoms with Crippen molar-refractivity contribution in [3.63, 3.8) is 0 Å². The van der Waals surface area contributed by atoms with E-state index >= 15 is 4.79 Å². The topological polar surface area (TPSA) is 116 Å². The van der Waals surface area contributed by atoms with Gasteiger partial charge in [0, 0.05) is 15.4 Å². The van der Waals surface area contributed by atoms with Gasteiger partial charge in [-0.05, 0) is 110 Å². The number of halogens is 4. The van der Waals surface area contributed by atoms with Gasteiger partial charge < -0.3 is 9.84 Å². The van der Waals surface area contributed by atoms with Crippen molar-refractivity contribution in [1.82, 2.24) is 9.91 Å². The summed E-state index contributed by atoms with van der Waals surface area (Å²) in [6.07, 6.45) is 2.29. The normalized spacial score (nSPS) is 26.3. The summed E-state index contributed by atoms with van der Waals surface area (Å²) in [6, 6.07) is 23.0. The SMILES string of the molecule is COc1cc(C2C3=CCC4C(=O)N(Cc5ccccc5)C(=O)C4C3CC3C(=O)N(Nc4ccc(F)cc4)C(=O)C32c2ccc(Cl)cc2)c(Br)c(Br)c1O. The van der Waals surface area contributed by atoms with Crippen LogP contribution in [0.1, 0.15) is 35.4 Å². The Balaban J connectivity index is 1.34. The highest BCUT2D eigenvalue weighted by Gasteiger charge is 2.70. The van der Waals surface area contributed by atoms with E-state index in [1.807, 2.05) is 36.4 Å². The van der Waals surface area contributed by atoms with E-state index in [1.165, 1.54) is 36.3 Å². The number of fused-ring (bicyclic) bond motifs is 4. The molecule has 8 rings (SSSR count). The van der Waals surface area contributed by atoms with Crippen molar-refractivity contribution in [3.8, 4) is 11.5 Å². The summed E-state index contributed by atoms with van der Waals surface area (Å²) in [6.45, 7) is 0.121. The summed E-state index contributed by atoms with van der Waals surface area (Å²) in [7, 11) is 1.41. The van der Waals surface area contributed by atoms with Crippen LogP contribution >= 0.6 is 43.5 Å². The number of imide groups is 2. The monoisotopic (exact) mass is 861 g/mol. The summed E-state index contributed by atoms with van der Waals surface area (Å²) >= 11 is 13.6. The molecule has 0 radical (unpaired) electrons. The highest BCUT2D eigenvalue weighted by atomic mass is 79.9. The quantitative estimate of drug-likeness (QED) is 0.143. The molecule has 4 aromatic carbocycles. The van der Waals surface area contributed by atoms with Crippen LogP contribution in [0.2, 0.25) is 5.02 Å². The van der Waals surface area contributed by atoms with Gasteiger partial charge in [0.25, 0.3) is 11.8 Å². The zero-order valence-electron chi connectivity index (χ0n) is 28.1. The van der Waals surface area contributed by atoms with Crippen LogP contribution in [0.3, 0.4) is 0 Å². The highest BCUT2D eigenvalue weighted by molar-refractivity contribution is 9.13. The lowest BCUT2D eigenvalue weighted by Crippen LogP contribution is -2.53. The first kappa shape index (κ1) is 35.5. The standard InChI is InChI=1S/C40H31Br2ClFN3O6/c1-53-30-18-28(33(41)34(42)35(30)48)32-25-15-16-26-31(38(51)46(36(26)49)19-20-5-3-2-4-6-20)27(25)17-29-37(50)47(45-24-13-11-23(44)12-14-24)39(52)40(29,32)21-7-9-22(43)10-8-21/h2-15,18,26-27,29,31-32,45,48H,16-17,19H2,1H3. The van der Waals surface area contributed by atoms with E-state index in [1.54, 1.807) is 30.3 Å². The molecule has 0 spiro atoms. The molecule has 3 fully saturated rings. The number of benzene rings is 4. The Morgan fingerprint density at radius 2 is 1.62 bits per heavy atom. The number of nitrogens with zero attached hydrogens (tertiary/aromatic N) is 2. The molecule has 4 aliphatic rings. The fourth-order valence-corrected chi connectivity index (χ4v) is 10.0. The number of phenolic OH excluding ortho intramolecular Hbond substituents is 1. The number of ether oxygens (including phenoxy) is 1. The second-order valence-corrected chi connectivity index (χ2v) is 15.8. The fourth-order valence-electron chi connectivity index (χ4n) is 8.96. The summed E-state index contributed by atoms with van der Waals surface area (Å²) < 4.78 is 20.2. The van der Waals surface area contributed by atoms with Crippen LogP contribution in [0, 0.1) is 29.5 Å². The van der Waals surface area contributed by atoms with Crippen molar-refractivity contribution >= 4 is 72.8 Å². The fraction of sp³-hybridized carbons (Fsp3) is 0.250. The number of phenols is 1. The Bertz CT molecular complexity index is 2220. The van der Waals surface area contributed by atoms with Crippen LogP contribution in [-0.4, -0.2) is 45.8 Å². The summed E-state index contributed by atoms with van der Waals surface area (Å²) in [5.74, 6) is -6.21. The zero-order chi connectivity index (χ0) is 37.3. The largest absolute Gasteiger partial charge is 0.503 e. The number of carbonyl (C=O) groups excluding carboxylic acids is 4. The molecule has 0 bridgehead atoms. The number of likely N-dealkylation sites (tertiary alicyclic amines) is 1. The van der Waals surface area contributed by atoms with Gasteiger partial charge in [-0.3, -0.25) is 29.5 Å². The molecule has 53 heavy (non-hydrogen) atoms. The number of hydrogen-bond donors (Lipinski definition) is 2. The summed E-state index contributed by atoms with van der Waals surface area (Å²) in [5.41, 5.74) is 4.22. The Kier molecular flexibility index (Phi) is 8.98. The Morgan fingerprint density at radius 3 is 2.30 bits per heavy atom. The maximum Gasteiger partial charge on any atom is 0.260 e. The molecule has 2 heterocycles. The van der Waals surface area contributed by atoms with Gasteiger partial charge in [0.1, 0.15) is 5.82 Å². The number of anilines is 1. The van der Waals surface area contributed by atoms with E-state index in [0.717, 1.165) is 16.1 Å². The van der Waals surface area contributed by atoms with Crippen molar-refractivity contribution in [2.24, 2.45) is 23.7 Å². The van der Waals surface area contributed by atoms with Crippen LogP contribution < -0.4 is 10.2 Å². The van der Waals surface area contributed by atoms with Gasteiger partial charge in [-0.1, -0.05) is 65.7 Å². The maximum atomic E-state index is 15.4. The predicted octanol–water partition coefficient (Wildman–Crippen LogP) is 7.90. The van der Waals surface area contributed by atoms with Crippen LogP contribution in [0.15, 0.2) is 106 Å². The molecule has 13 heteroatoms. The van der Waals surface area contributed by atoms with Crippen LogP contribution in [-0.2, 0) is 31.1 Å². The molecule has 4 amide bonds. The average molecular weight is 864 g/mol. The molecule has 270 valence electrons. The second kappa shape index (κ2) is 13.4. The van der Waals surface area contributed by atoms with Crippen LogP contribution in [0.4, 0.5) is 10.1 Å². The number of methoxy groups -OCH3 is 1. The third-order valence-corrected chi connectivity index (χ3v) is 13.6. The lowest BCUT2D eigenvalue weighted by Gasteiger charge is -2.51. The number of hydrogen-bond acceptors (Lipinski definition) is 7. The molecule has 2 aliphatic heterocycles. The zero-order valence-corrected chi connectivity index (χ0v) is 32.0. The van der Waals surface area contributed by atoms with Crippen molar-refractivity contribution in [2.75, 3.05) is 12.5 Å². The summed E-state index contributed by atoms with van der Waals surface area (Å²) in [4.78, 5) is 60.0. The molecular weight excluding hydrogens is 833 g/mol. The Hall–Kier alpha value is -4.52. The van der Waals surface area contributed by atoms with E-state index in [4.69, 9.17) is 16.3 Å². The van der Waals surface area contributed by atoms with Gasteiger partial charge in [-0.15, -0.1) is 0 Å². The number of rotatable bonds is 7. The van der Waals surface area contributed by atoms with Gasteiger partial charge in [0.2, 0.25) is 11.8 Å². The molecule has 0 aromatic heterocycles. The molecule has 9 nitrogen and oxygen atoms in total. The van der Waals surface area contributed by atoms with Gasteiger partial charge >= 0.3 is 0 Å². The van der Waals surface area contributed by atoms with E-state index in [2.05, 4.69) is 37.3 Å². The van der Waals surface area contributed by atoms with E-state index in [0.29, 0.717) is 26.3 Å². The molecule has 6 unspecified atom stereocenters. The molecule has 6 atom stereocenters. The number of carbonyl (C=O) groups is 4. The third kappa shape index (κ3) is 5.43. The number of hydrazine groups is 1. The van der Waals surface area contributed by atoms with Gasteiger partial charge in [-0.25, -0.2) is 4.39 Å². The first-order valence-electron chi connectivity index (χ1n) is 17.0. The predicted molar refractivity (Wildman–Crippen MR) is 201 cm³/mol. The lowest BCUT2D eigenvalue weighted by atomic mass is 9.49. The smallest absolute Gasteiger partial charge is 0.260 e. The van der Waals surface area contributed by atoms with E-state index < -0.39 is 52.6 Å². The molecule has 2 saturated heterocycles. The first-order valence-corrected chi connectivity index (χ1v) is 18.9. The molecule has 4 aromatic rings. The molecule has 1 saturated carbocycles. The Labute approximate surface area is 326 Å². The summed E-state index contributed by atoms with van der Waals surface area (Å²) in [5, 5.41) is 12.4. The number of allylic oxidation sites excluding steroid dienone is 2. The van der Waals surface area contributed by atoms with Crippen LogP contribution in [0.5, 0.6) is 11.5 Å². The minimum absolute atomic E-state index is 0.0878. The number of nitrogens with one attached hydrogen (secondary N) is 1. The molecule has 2 aliphatic carbocycles. The maximum absolute atomic E-state index is 15.4. The van der Waals surface area contributed by atoms with Crippen molar-refractivity contribution in [3.05, 3.63) is 133 Å². The minimum atomic E-state index is -1.61. The minimum Gasteiger partial charge on any atom is -0.503 e. The number of aromatic hydroxyl groups is 1. The lowest BCUT2D eigenvalue weighted by molar-refractivity contribution is -0.142. The third-order valence-electron chi connectivity index (χ3n) is 11.2. The van der Waals surface area contributed by atoms with Crippen LogP contribution in [0.25, 0.3) is 0 Å². The van der Waals surface area contributed by atoms with E-state index in [-0.39, 0.29) is 47.2 Å². The second-order valence-electron chi connectivity index (χ2n) is 13.8. The van der Waals surface area contributed by atoms with Crippen molar-refractivity contribution in [2.45, 2.75) is 30.7 Å². The first-order chi connectivity index (χ1) is 25.5. The highest BCUT2D eigenvalue weighted by Crippen LogP contribution is 2.65. The number of amides is 4. The van der Waals surface area contributed by atoms with Gasteiger partial charge in [-0.2, -0.15) is 5.01 Å². The van der Waals surface area contributed by atoms with Crippen molar-refractivity contribution < 1.29 is 33.4 Å². The van der Waals surface area contributed by atoms with Gasteiger partial charge in [0.05, 0.1) is 47.0 Å².